The standard InChI is InChI=1S/C15H18N4OS2/c1-2-20-13-9-5-4-8-12(13)17-14-18-19-15(22-14)21-11-7-3-6-10-16/h4-5,8-9H,2-3,6-7,11H2,1H3,(H,17,18). The number of ether oxygens (including phenoxy) is 1. The molecule has 0 aliphatic carbocycles. The lowest BCUT2D eigenvalue weighted by Crippen LogP contribution is -1.97. The van der Waals surface area contributed by atoms with Gasteiger partial charge < -0.3 is 10.1 Å². The Morgan fingerprint density at radius 2 is 2.18 bits per heavy atom. The predicted molar refractivity (Wildman–Crippen MR) is 91.0 cm³/mol. The summed E-state index contributed by atoms with van der Waals surface area (Å²) in [5.74, 6) is 1.78. The number of anilines is 2. The van der Waals surface area contributed by atoms with Crippen molar-refractivity contribution in [2.75, 3.05) is 17.7 Å². The smallest absolute Gasteiger partial charge is 0.210 e. The minimum absolute atomic E-state index is 0.623. The van der Waals surface area contributed by atoms with Crippen LogP contribution >= 0.6 is 23.1 Å². The Balaban J connectivity index is 1.88. The van der Waals surface area contributed by atoms with E-state index in [0.29, 0.717) is 13.0 Å². The number of rotatable bonds is 9. The SMILES string of the molecule is CCOc1ccccc1Nc1nnc(SCCCCC#N)s1. The molecule has 0 fully saturated rings. The van der Waals surface area contributed by atoms with Crippen molar-refractivity contribution in [1.29, 1.82) is 5.26 Å². The van der Waals surface area contributed by atoms with Crippen LogP contribution in [0.25, 0.3) is 0 Å². The van der Waals surface area contributed by atoms with Crippen molar-refractivity contribution in [3.05, 3.63) is 24.3 Å². The zero-order valence-corrected chi connectivity index (χ0v) is 14.0. The fourth-order valence-corrected chi connectivity index (χ4v) is 3.58. The van der Waals surface area contributed by atoms with E-state index in [1.54, 1.807) is 11.8 Å². The van der Waals surface area contributed by atoms with Crippen molar-refractivity contribution >= 4 is 33.9 Å². The molecule has 116 valence electrons. The van der Waals surface area contributed by atoms with Gasteiger partial charge in [-0.2, -0.15) is 5.26 Å². The number of hydrogen-bond donors (Lipinski definition) is 1. The number of nitrogens with one attached hydrogen (secondary N) is 1. The summed E-state index contributed by atoms with van der Waals surface area (Å²) < 4.78 is 6.52. The summed E-state index contributed by atoms with van der Waals surface area (Å²) >= 11 is 3.21. The zero-order valence-electron chi connectivity index (χ0n) is 12.4. The molecule has 7 heteroatoms. The van der Waals surface area contributed by atoms with Gasteiger partial charge in [0.25, 0.3) is 0 Å². The van der Waals surface area contributed by atoms with Gasteiger partial charge in [0, 0.05) is 12.2 Å². The first-order chi connectivity index (χ1) is 10.8. The molecule has 0 spiro atoms. The number of nitriles is 1. The van der Waals surface area contributed by atoms with E-state index in [1.807, 2.05) is 31.2 Å². The molecule has 0 saturated carbocycles. The minimum atomic E-state index is 0.623. The van der Waals surface area contributed by atoms with Crippen molar-refractivity contribution in [1.82, 2.24) is 10.2 Å². The van der Waals surface area contributed by atoms with Crippen LogP contribution < -0.4 is 10.1 Å². The van der Waals surface area contributed by atoms with E-state index in [9.17, 15) is 0 Å². The van der Waals surface area contributed by atoms with Crippen molar-refractivity contribution in [2.24, 2.45) is 0 Å². The van der Waals surface area contributed by atoms with Crippen LogP contribution in [0.15, 0.2) is 28.6 Å². The molecular weight excluding hydrogens is 316 g/mol. The number of hydrogen-bond acceptors (Lipinski definition) is 7. The molecule has 2 rings (SSSR count). The van der Waals surface area contributed by atoms with Crippen molar-refractivity contribution in [3.63, 3.8) is 0 Å². The number of nitrogens with zero attached hydrogens (tertiary/aromatic N) is 3. The number of thioether (sulfide) groups is 1. The summed E-state index contributed by atoms with van der Waals surface area (Å²) in [5, 5.41) is 20.8. The third kappa shape index (κ3) is 5.20. The molecule has 0 saturated heterocycles. The van der Waals surface area contributed by atoms with E-state index in [2.05, 4.69) is 21.6 Å². The van der Waals surface area contributed by atoms with E-state index >= 15 is 0 Å². The maximum atomic E-state index is 8.49. The highest BCUT2D eigenvalue weighted by atomic mass is 32.2. The van der Waals surface area contributed by atoms with Gasteiger partial charge in [-0.25, -0.2) is 0 Å². The molecule has 0 radical (unpaired) electrons. The maximum absolute atomic E-state index is 8.49. The fraction of sp³-hybridized carbons (Fsp3) is 0.400. The molecular formula is C15H18N4OS2. The molecule has 0 atom stereocenters. The summed E-state index contributed by atoms with van der Waals surface area (Å²) in [6, 6.07) is 9.94. The first-order valence-electron chi connectivity index (χ1n) is 7.15. The zero-order chi connectivity index (χ0) is 15.6. The van der Waals surface area contributed by atoms with Gasteiger partial charge in [-0.3, -0.25) is 0 Å². The highest BCUT2D eigenvalue weighted by Crippen LogP contribution is 2.31. The third-order valence-electron chi connectivity index (χ3n) is 2.74. The van der Waals surface area contributed by atoms with Gasteiger partial charge in [0.15, 0.2) is 4.34 Å². The van der Waals surface area contributed by atoms with E-state index in [4.69, 9.17) is 10.00 Å². The number of para-hydroxylation sites is 2. The lowest BCUT2D eigenvalue weighted by Gasteiger charge is -2.09. The van der Waals surface area contributed by atoms with Crippen LogP contribution in [0.2, 0.25) is 0 Å². The molecule has 1 heterocycles. The van der Waals surface area contributed by atoms with Crippen molar-refractivity contribution in [3.8, 4) is 11.8 Å². The van der Waals surface area contributed by atoms with Gasteiger partial charge in [-0.05, 0) is 31.9 Å². The normalized spacial score (nSPS) is 10.2. The molecule has 1 N–H and O–H groups in total. The second-order valence-electron chi connectivity index (χ2n) is 4.39. The van der Waals surface area contributed by atoms with Gasteiger partial charge in [0.1, 0.15) is 5.75 Å². The molecule has 0 unspecified atom stereocenters. The summed E-state index contributed by atoms with van der Waals surface area (Å²) in [6.45, 7) is 2.58. The molecule has 0 aliphatic rings. The quantitative estimate of drug-likeness (QED) is 0.539. The first-order valence-corrected chi connectivity index (χ1v) is 8.95. The molecule has 2 aromatic rings. The minimum Gasteiger partial charge on any atom is -0.492 e. The molecule has 1 aromatic heterocycles. The highest BCUT2D eigenvalue weighted by molar-refractivity contribution is 8.01. The first kappa shape index (κ1) is 16.6. The van der Waals surface area contributed by atoms with Gasteiger partial charge in [0.05, 0.1) is 18.4 Å². The van der Waals surface area contributed by atoms with Gasteiger partial charge >= 0.3 is 0 Å². The molecule has 0 amide bonds. The summed E-state index contributed by atoms with van der Waals surface area (Å²) in [7, 11) is 0. The van der Waals surface area contributed by atoms with Crippen LogP contribution in [-0.4, -0.2) is 22.6 Å². The Labute approximate surface area is 138 Å². The van der Waals surface area contributed by atoms with Gasteiger partial charge in [-0.1, -0.05) is 35.2 Å². The Morgan fingerprint density at radius 1 is 1.32 bits per heavy atom. The monoisotopic (exact) mass is 334 g/mol. The van der Waals surface area contributed by atoms with Gasteiger partial charge in [-0.15, -0.1) is 10.2 Å². The average molecular weight is 334 g/mol. The van der Waals surface area contributed by atoms with Crippen LogP contribution in [0.3, 0.4) is 0 Å². The molecule has 5 nitrogen and oxygen atoms in total. The Kier molecular flexibility index (Phi) is 7.00. The molecule has 1 aromatic carbocycles. The van der Waals surface area contributed by atoms with E-state index in [-0.39, 0.29) is 0 Å². The van der Waals surface area contributed by atoms with E-state index in [0.717, 1.165) is 39.5 Å². The van der Waals surface area contributed by atoms with Crippen LogP contribution in [0, 0.1) is 11.3 Å². The number of benzene rings is 1. The maximum Gasteiger partial charge on any atom is 0.210 e. The van der Waals surface area contributed by atoms with Crippen molar-refractivity contribution in [2.45, 2.75) is 30.5 Å². The fourth-order valence-electron chi connectivity index (χ4n) is 1.75. The average Bonchev–Trinajstić information content (AvgIpc) is 2.97. The van der Waals surface area contributed by atoms with Crippen LogP contribution in [0.5, 0.6) is 5.75 Å². The summed E-state index contributed by atoms with van der Waals surface area (Å²) in [6.07, 6.45) is 2.58. The molecule has 0 bridgehead atoms. The molecule has 0 aliphatic heterocycles. The Hall–Kier alpha value is -1.78. The topological polar surface area (TPSA) is 70.8 Å². The van der Waals surface area contributed by atoms with E-state index < -0.39 is 0 Å². The third-order valence-corrected chi connectivity index (χ3v) is 4.80. The van der Waals surface area contributed by atoms with E-state index in [1.165, 1.54) is 11.3 Å². The largest absolute Gasteiger partial charge is 0.492 e. The Morgan fingerprint density at radius 3 is 3.00 bits per heavy atom. The second kappa shape index (κ2) is 9.28. The summed E-state index contributed by atoms with van der Waals surface area (Å²) in [5.41, 5.74) is 0.895. The van der Waals surface area contributed by atoms with Crippen LogP contribution in [-0.2, 0) is 0 Å². The van der Waals surface area contributed by atoms with Crippen LogP contribution in [0.4, 0.5) is 10.8 Å². The van der Waals surface area contributed by atoms with Gasteiger partial charge in [0.2, 0.25) is 5.13 Å². The second-order valence-corrected chi connectivity index (χ2v) is 6.71. The highest BCUT2D eigenvalue weighted by Gasteiger charge is 2.08. The van der Waals surface area contributed by atoms with Crippen LogP contribution in [0.1, 0.15) is 26.2 Å². The number of aromatic nitrogens is 2. The van der Waals surface area contributed by atoms with Crippen molar-refractivity contribution < 1.29 is 4.74 Å². The predicted octanol–water partition coefficient (Wildman–Crippen LogP) is 4.47. The lowest BCUT2D eigenvalue weighted by atomic mass is 10.3. The Bertz CT molecular complexity index is 624. The number of unbranched alkanes of at least 4 members (excludes halogenated alkanes) is 2. The molecule has 22 heavy (non-hydrogen) atoms. The lowest BCUT2D eigenvalue weighted by molar-refractivity contribution is 0.342. The summed E-state index contributed by atoms with van der Waals surface area (Å²) in [4.78, 5) is 0.